The number of aromatic nitrogens is 2. The molecule has 0 radical (unpaired) electrons. The van der Waals surface area contributed by atoms with Crippen molar-refractivity contribution < 1.29 is 21.6 Å². The number of benzene rings is 3. The minimum Gasteiger partial charge on any atom is -0.325 e. The Bertz CT molecular complexity index is 1710. The number of para-hydroxylation sites is 1. The number of hydrogen-bond acceptors (Lipinski definition) is 7. The van der Waals surface area contributed by atoms with Crippen molar-refractivity contribution in [1.82, 2.24) is 9.97 Å². The lowest BCUT2D eigenvalue weighted by molar-refractivity contribution is -0.114. The van der Waals surface area contributed by atoms with Crippen molar-refractivity contribution >= 4 is 43.3 Å². The Kier molecular flexibility index (Phi) is 8.50. The normalized spacial score (nSPS) is 11.6. The molecule has 3 aromatic carbocycles. The van der Waals surface area contributed by atoms with Gasteiger partial charge in [-0.2, -0.15) is 0 Å². The van der Waals surface area contributed by atoms with Crippen LogP contribution in [0.4, 0.5) is 17.3 Å². The standard InChI is InChI=1S/C28H29N5O5S2/c1-4-22-10-8-9-13-26(22)33(40(37,38)25-11-6-5-7-12-25)19-27(34)31-23-14-16-24(17-15-23)39(35,36)32-28-29-20(2)18-21(3)30-28/h5-18H,4,19H2,1-3H3,(H,31,34)(H,29,30,32). The molecule has 0 saturated carbocycles. The molecule has 2 N–H and O–H groups in total. The number of aryl methyl sites for hydroxylation is 3. The second-order valence-electron chi connectivity index (χ2n) is 8.96. The maximum Gasteiger partial charge on any atom is 0.264 e. The van der Waals surface area contributed by atoms with E-state index in [2.05, 4.69) is 20.0 Å². The fraction of sp³-hybridized carbons (Fsp3) is 0.179. The predicted octanol–water partition coefficient (Wildman–Crippen LogP) is 4.29. The Balaban J connectivity index is 1.55. The van der Waals surface area contributed by atoms with E-state index < -0.39 is 32.5 Å². The second-order valence-corrected chi connectivity index (χ2v) is 12.5. The van der Waals surface area contributed by atoms with Crippen LogP contribution >= 0.6 is 0 Å². The summed E-state index contributed by atoms with van der Waals surface area (Å²) in [7, 11) is -8.04. The molecule has 0 aliphatic rings. The fourth-order valence-electron chi connectivity index (χ4n) is 4.07. The monoisotopic (exact) mass is 579 g/mol. The van der Waals surface area contributed by atoms with Crippen LogP contribution in [0.1, 0.15) is 23.9 Å². The largest absolute Gasteiger partial charge is 0.325 e. The van der Waals surface area contributed by atoms with Crippen LogP contribution in [0.2, 0.25) is 0 Å². The highest BCUT2D eigenvalue weighted by Crippen LogP contribution is 2.28. The molecule has 0 saturated heterocycles. The predicted molar refractivity (Wildman–Crippen MR) is 154 cm³/mol. The molecule has 1 amide bonds. The van der Waals surface area contributed by atoms with Gasteiger partial charge in [-0.25, -0.2) is 31.5 Å². The lowest BCUT2D eigenvalue weighted by Crippen LogP contribution is -2.38. The Morgan fingerprint density at radius 3 is 2.02 bits per heavy atom. The third-order valence-corrected chi connectivity index (χ3v) is 9.03. The first-order valence-electron chi connectivity index (χ1n) is 12.4. The van der Waals surface area contributed by atoms with E-state index in [0.717, 1.165) is 9.87 Å². The smallest absolute Gasteiger partial charge is 0.264 e. The van der Waals surface area contributed by atoms with Gasteiger partial charge < -0.3 is 5.32 Å². The zero-order valence-corrected chi connectivity index (χ0v) is 23.8. The first-order chi connectivity index (χ1) is 19.0. The lowest BCUT2D eigenvalue weighted by Gasteiger charge is -2.26. The second kappa shape index (κ2) is 11.8. The maximum absolute atomic E-state index is 13.6. The average molecular weight is 580 g/mol. The minimum absolute atomic E-state index is 0.0399. The van der Waals surface area contributed by atoms with E-state index in [1.165, 1.54) is 36.4 Å². The molecule has 10 nitrogen and oxygen atoms in total. The number of nitrogens with zero attached hydrogens (tertiary/aromatic N) is 3. The van der Waals surface area contributed by atoms with E-state index >= 15 is 0 Å². The first-order valence-corrected chi connectivity index (χ1v) is 15.3. The summed E-state index contributed by atoms with van der Waals surface area (Å²) in [5, 5.41) is 2.66. The summed E-state index contributed by atoms with van der Waals surface area (Å²) < 4.78 is 56.3. The highest BCUT2D eigenvalue weighted by molar-refractivity contribution is 7.93. The van der Waals surface area contributed by atoms with E-state index in [1.54, 1.807) is 50.2 Å². The molecule has 0 fully saturated rings. The number of anilines is 3. The van der Waals surface area contributed by atoms with Gasteiger partial charge in [-0.05, 0) is 74.4 Å². The number of rotatable bonds is 10. The van der Waals surface area contributed by atoms with Crippen molar-refractivity contribution in [2.75, 3.05) is 20.9 Å². The summed E-state index contributed by atoms with van der Waals surface area (Å²) in [6, 6.07) is 22.1. The summed E-state index contributed by atoms with van der Waals surface area (Å²) in [6.45, 7) is 4.89. The molecule has 208 valence electrons. The Morgan fingerprint density at radius 1 is 0.800 bits per heavy atom. The van der Waals surface area contributed by atoms with E-state index in [1.807, 2.05) is 19.1 Å². The molecule has 0 unspecified atom stereocenters. The molecule has 40 heavy (non-hydrogen) atoms. The Morgan fingerprint density at radius 2 is 1.40 bits per heavy atom. The van der Waals surface area contributed by atoms with Gasteiger partial charge in [-0.1, -0.05) is 43.3 Å². The average Bonchev–Trinajstić information content (AvgIpc) is 2.91. The van der Waals surface area contributed by atoms with Crippen molar-refractivity contribution in [3.8, 4) is 0 Å². The van der Waals surface area contributed by atoms with Gasteiger partial charge in [0.2, 0.25) is 11.9 Å². The van der Waals surface area contributed by atoms with Gasteiger partial charge in [0.1, 0.15) is 6.54 Å². The molecule has 12 heteroatoms. The molecule has 0 bridgehead atoms. The van der Waals surface area contributed by atoms with Crippen LogP contribution in [0.25, 0.3) is 0 Å². The van der Waals surface area contributed by atoms with Crippen LogP contribution in [-0.2, 0) is 31.3 Å². The zero-order valence-electron chi connectivity index (χ0n) is 22.2. The summed E-state index contributed by atoms with van der Waals surface area (Å²) in [6.07, 6.45) is 0.565. The molecule has 4 aromatic rings. The highest BCUT2D eigenvalue weighted by Gasteiger charge is 2.28. The van der Waals surface area contributed by atoms with Crippen LogP contribution in [-0.4, -0.2) is 39.3 Å². The SMILES string of the molecule is CCc1ccccc1N(CC(=O)Nc1ccc(S(=O)(=O)Nc2nc(C)cc(C)n2)cc1)S(=O)(=O)c1ccccc1. The van der Waals surface area contributed by atoms with Gasteiger partial charge >= 0.3 is 0 Å². The maximum atomic E-state index is 13.6. The van der Waals surface area contributed by atoms with Gasteiger partial charge in [0.25, 0.3) is 20.0 Å². The summed E-state index contributed by atoms with van der Waals surface area (Å²) >= 11 is 0. The van der Waals surface area contributed by atoms with Crippen LogP contribution in [0, 0.1) is 13.8 Å². The van der Waals surface area contributed by atoms with Crippen LogP contribution in [0.3, 0.4) is 0 Å². The number of carbonyl (C=O) groups is 1. The topological polar surface area (TPSA) is 138 Å². The van der Waals surface area contributed by atoms with Crippen LogP contribution < -0.4 is 14.3 Å². The number of amides is 1. The number of carbonyl (C=O) groups excluding carboxylic acids is 1. The quantitative estimate of drug-likeness (QED) is 0.286. The van der Waals surface area contributed by atoms with Gasteiger partial charge in [0, 0.05) is 17.1 Å². The van der Waals surface area contributed by atoms with Gasteiger partial charge in [-0.3, -0.25) is 9.10 Å². The van der Waals surface area contributed by atoms with Crippen molar-refractivity contribution in [3.05, 3.63) is 102 Å². The highest BCUT2D eigenvalue weighted by atomic mass is 32.2. The molecule has 0 aliphatic carbocycles. The molecule has 0 aliphatic heterocycles. The molecule has 4 rings (SSSR count). The minimum atomic E-state index is -4.06. The fourth-order valence-corrected chi connectivity index (χ4v) is 6.50. The van der Waals surface area contributed by atoms with E-state index in [9.17, 15) is 21.6 Å². The first kappa shape index (κ1) is 28.7. The van der Waals surface area contributed by atoms with Crippen molar-refractivity contribution in [2.45, 2.75) is 37.0 Å². The van der Waals surface area contributed by atoms with Crippen molar-refractivity contribution in [1.29, 1.82) is 0 Å². The van der Waals surface area contributed by atoms with Crippen LogP contribution in [0.5, 0.6) is 0 Å². The van der Waals surface area contributed by atoms with E-state index in [0.29, 0.717) is 29.2 Å². The van der Waals surface area contributed by atoms with Gasteiger partial charge in [-0.15, -0.1) is 0 Å². The third kappa shape index (κ3) is 6.64. The number of nitrogens with one attached hydrogen (secondary N) is 2. The molecule has 1 aromatic heterocycles. The summed E-state index contributed by atoms with van der Waals surface area (Å²) in [5.74, 6) is -0.635. The van der Waals surface area contributed by atoms with Crippen LogP contribution in [0.15, 0.2) is 94.7 Å². The molecule has 0 atom stereocenters. The molecular formula is C28H29N5O5S2. The van der Waals surface area contributed by atoms with Crippen molar-refractivity contribution in [3.63, 3.8) is 0 Å². The van der Waals surface area contributed by atoms with Gasteiger partial charge in [0.15, 0.2) is 0 Å². The van der Waals surface area contributed by atoms with E-state index in [-0.39, 0.29) is 15.7 Å². The Labute approximate surface area is 234 Å². The third-order valence-electron chi connectivity index (χ3n) is 5.92. The van der Waals surface area contributed by atoms with Gasteiger partial charge in [0.05, 0.1) is 15.5 Å². The summed E-state index contributed by atoms with van der Waals surface area (Å²) in [4.78, 5) is 21.3. The van der Waals surface area contributed by atoms with E-state index in [4.69, 9.17) is 0 Å². The number of hydrogen-bond donors (Lipinski definition) is 2. The zero-order chi connectivity index (χ0) is 28.9. The Hall–Kier alpha value is -4.29. The lowest BCUT2D eigenvalue weighted by atomic mass is 10.1. The molecule has 0 spiro atoms. The number of sulfonamides is 2. The molecule has 1 heterocycles. The van der Waals surface area contributed by atoms with Crippen molar-refractivity contribution in [2.24, 2.45) is 0 Å². The summed E-state index contributed by atoms with van der Waals surface area (Å²) in [5.41, 5.74) is 2.71. The molecular weight excluding hydrogens is 550 g/mol.